The number of nitrogens with one attached hydrogen (secondary N) is 1. The molecule has 1 aliphatic heterocycles. The molecule has 20 heavy (non-hydrogen) atoms. The van der Waals surface area contributed by atoms with Gasteiger partial charge in [-0.2, -0.15) is 0 Å². The van der Waals surface area contributed by atoms with Crippen molar-refractivity contribution in [3.8, 4) is 0 Å². The third-order valence-corrected chi connectivity index (χ3v) is 4.60. The summed E-state index contributed by atoms with van der Waals surface area (Å²) in [5, 5.41) is 11.5. The van der Waals surface area contributed by atoms with E-state index in [9.17, 15) is 9.59 Å². The Hall–Kier alpha value is -1.26. The van der Waals surface area contributed by atoms with E-state index in [1.54, 1.807) is 0 Å². The van der Waals surface area contributed by atoms with E-state index in [0.29, 0.717) is 24.9 Å². The van der Waals surface area contributed by atoms with E-state index in [1.807, 2.05) is 4.90 Å². The molecule has 1 saturated carbocycles. The molecule has 114 valence electrons. The second-order valence-corrected chi connectivity index (χ2v) is 6.03. The van der Waals surface area contributed by atoms with Crippen LogP contribution < -0.4 is 5.32 Å². The molecule has 0 spiro atoms. The predicted octanol–water partition coefficient (Wildman–Crippen LogP) is 2.61. The topological polar surface area (TPSA) is 69.6 Å². The molecular weight excluding hydrogens is 256 g/mol. The van der Waals surface area contributed by atoms with Gasteiger partial charge in [0.1, 0.15) is 0 Å². The van der Waals surface area contributed by atoms with Gasteiger partial charge >= 0.3 is 12.0 Å². The first kappa shape index (κ1) is 15.1. The predicted molar refractivity (Wildman–Crippen MR) is 76.6 cm³/mol. The van der Waals surface area contributed by atoms with E-state index in [0.717, 1.165) is 25.8 Å². The number of hydrogen-bond donors (Lipinski definition) is 2. The summed E-state index contributed by atoms with van der Waals surface area (Å²) in [6.45, 7) is 1.46. The van der Waals surface area contributed by atoms with Gasteiger partial charge in [-0.1, -0.05) is 12.8 Å². The number of nitrogens with zero attached hydrogens (tertiary/aromatic N) is 1. The number of carboxylic acid groups (broad SMARTS) is 1. The maximum absolute atomic E-state index is 12.2. The van der Waals surface area contributed by atoms with E-state index < -0.39 is 5.97 Å². The van der Waals surface area contributed by atoms with Crippen LogP contribution >= 0.6 is 0 Å². The van der Waals surface area contributed by atoms with E-state index in [2.05, 4.69) is 5.32 Å². The Kier molecular flexibility index (Phi) is 5.68. The smallest absolute Gasteiger partial charge is 0.317 e. The van der Waals surface area contributed by atoms with Crippen LogP contribution in [0.2, 0.25) is 0 Å². The molecular formula is C15H26N2O3. The Morgan fingerprint density at radius 3 is 2.65 bits per heavy atom. The molecule has 2 rings (SSSR count). The summed E-state index contributed by atoms with van der Waals surface area (Å²) in [6.07, 6.45) is 8.91. The summed E-state index contributed by atoms with van der Waals surface area (Å²) in [6, 6.07) is 0.494. The molecule has 0 unspecified atom stereocenters. The number of urea groups is 1. The van der Waals surface area contributed by atoms with Gasteiger partial charge in [-0.3, -0.25) is 4.79 Å². The molecule has 0 aromatic heterocycles. The quantitative estimate of drug-likeness (QED) is 0.761. The summed E-state index contributed by atoms with van der Waals surface area (Å²) < 4.78 is 0. The van der Waals surface area contributed by atoms with Crippen molar-refractivity contribution in [3.63, 3.8) is 0 Å². The molecule has 5 nitrogen and oxygen atoms in total. The third-order valence-electron chi connectivity index (χ3n) is 4.60. The van der Waals surface area contributed by atoms with Crippen LogP contribution in [0.15, 0.2) is 0 Å². The number of hydrogen-bond acceptors (Lipinski definition) is 2. The molecule has 5 heteroatoms. The number of piperidine rings is 1. The lowest BCUT2D eigenvalue weighted by Gasteiger charge is -2.44. The maximum Gasteiger partial charge on any atom is 0.317 e. The Morgan fingerprint density at radius 2 is 1.85 bits per heavy atom. The molecule has 2 atom stereocenters. The first-order valence-corrected chi connectivity index (χ1v) is 7.95. The maximum atomic E-state index is 12.2. The van der Waals surface area contributed by atoms with Crippen LogP contribution in [0.5, 0.6) is 0 Å². The fourth-order valence-electron chi connectivity index (χ4n) is 3.58. The highest BCUT2D eigenvalue weighted by atomic mass is 16.4. The fraction of sp³-hybridized carbons (Fsp3) is 0.867. The lowest BCUT2D eigenvalue weighted by Crippen LogP contribution is -2.53. The fourth-order valence-corrected chi connectivity index (χ4v) is 3.58. The van der Waals surface area contributed by atoms with E-state index >= 15 is 0 Å². The second kappa shape index (κ2) is 7.50. The van der Waals surface area contributed by atoms with Crippen molar-refractivity contribution >= 4 is 12.0 Å². The molecule has 2 aliphatic rings. The highest BCUT2D eigenvalue weighted by Crippen LogP contribution is 2.35. The Balaban J connectivity index is 1.72. The highest BCUT2D eigenvalue weighted by molar-refractivity contribution is 5.74. The standard InChI is InChI=1S/C15H26N2O3/c18-14(19)9-3-4-10-16-15(20)17-11-5-7-12-6-1-2-8-13(12)17/h12-13H,1-11H2,(H,16,20)(H,18,19)/t12-,13-/m1/s1. The van der Waals surface area contributed by atoms with Gasteiger partial charge in [0.15, 0.2) is 0 Å². The van der Waals surface area contributed by atoms with Crippen molar-refractivity contribution in [1.82, 2.24) is 10.2 Å². The molecule has 1 aliphatic carbocycles. The van der Waals surface area contributed by atoms with Crippen molar-refractivity contribution in [1.29, 1.82) is 0 Å². The number of carbonyl (C=O) groups excluding carboxylic acids is 1. The highest BCUT2D eigenvalue weighted by Gasteiger charge is 2.35. The minimum Gasteiger partial charge on any atom is -0.481 e. The minimum atomic E-state index is -0.766. The zero-order valence-electron chi connectivity index (χ0n) is 12.1. The van der Waals surface area contributed by atoms with Crippen molar-refractivity contribution < 1.29 is 14.7 Å². The van der Waals surface area contributed by atoms with Crippen molar-refractivity contribution in [2.24, 2.45) is 5.92 Å². The van der Waals surface area contributed by atoms with Crippen molar-refractivity contribution in [3.05, 3.63) is 0 Å². The summed E-state index contributed by atoms with van der Waals surface area (Å²) >= 11 is 0. The van der Waals surface area contributed by atoms with Gasteiger partial charge in [0.2, 0.25) is 0 Å². The molecule has 1 saturated heterocycles. The summed E-state index contributed by atoms with van der Waals surface area (Å²) in [5.41, 5.74) is 0. The third kappa shape index (κ3) is 4.12. The number of carboxylic acids is 1. The van der Waals surface area contributed by atoms with Crippen molar-refractivity contribution in [2.75, 3.05) is 13.1 Å². The largest absolute Gasteiger partial charge is 0.481 e. The van der Waals surface area contributed by atoms with Crippen molar-refractivity contribution in [2.45, 2.75) is 63.8 Å². The number of unbranched alkanes of at least 4 members (excludes halogenated alkanes) is 1. The number of rotatable bonds is 5. The first-order valence-electron chi connectivity index (χ1n) is 7.95. The van der Waals surface area contributed by atoms with Crippen LogP contribution in [0.25, 0.3) is 0 Å². The van der Waals surface area contributed by atoms with Gasteiger partial charge in [-0.25, -0.2) is 4.79 Å². The van der Waals surface area contributed by atoms with Gasteiger partial charge in [-0.05, 0) is 44.4 Å². The summed E-state index contributed by atoms with van der Waals surface area (Å²) in [5.74, 6) is -0.0623. The van der Waals surface area contributed by atoms with Crippen LogP contribution in [0, 0.1) is 5.92 Å². The van der Waals surface area contributed by atoms with E-state index in [1.165, 1.54) is 25.7 Å². The molecule has 1 heterocycles. The monoisotopic (exact) mass is 282 g/mol. The SMILES string of the molecule is O=C(O)CCCCNC(=O)N1CCC[C@H]2CCCC[C@H]21. The van der Waals surface area contributed by atoms with Gasteiger partial charge in [0.05, 0.1) is 0 Å². The van der Waals surface area contributed by atoms with E-state index in [4.69, 9.17) is 5.11 Å². The van der Waals surface area contributed by atoms with Crippen LogP contribution in [0.1, 0.15) is 57.8 Å². The molecule has 0 aromatic rings. The Morgan fingerprint density at radius 1 is 1.10 bits per heavy atom. The number of amides is 2. The van der Waals surface area contributed by atoms with Gasteiger partial charge < -0.3 is 15.3 Å². The molecule has 0 bridgehead atoms. The second-order valence-electron chi connectivity index (χ2n) is 6.03. The molecule has 0 radical (unpaired) electrons. The van der Waals surface area contributed by atoms with Crippen LogP contribution in [0.4, 0.5) is 4.79 Å². The lowest BCUT2D eigenvalue weighted by molar-refractivity contribution is -0.137. The lowest BCUT2D eigenvalue weighted by atomic mass is 9.78. The number of likely N-dealkylation sites (tertiary alicyclic amines) is 1. The van der Waals surface area contributed by atoms with Gasteiger partial charge in [-0.15, -0.1) is 0 Å². The summed E-state index contributed by atoms with van der Waals surface area (Å²) in [7, 11) is 0. The molecule has 2 amide bonds. The first-order chi connectivity index (χ1) is 9.68. The van der Waals surface area contributed by atoms with Gasteiger partial charge in [0.25, 0.3) is 0 Å². The Labute approximate surface area is 120 Å². The average molecular weight is 282 g/mol. The zero-order chi connectivity index (χ0) is 14.4. The van der Waals surface area contributed by atoms with Crippen LogP contribution in [-0.2, 0) is 4.79 Å². The number of carbonyl (C=O) groups is 2. The van der Waals surface area contributed by atoms with Gasteiger partial charge in [0, 0.05) is 25.6 Å². The molecule has 2 N–H and O–H groups in total. The summed E-state index contributed by atoms with van der Waals surface area (Å²) in [4.78, 5) is 24.7. The van der Waals surface area contributed by atoms with E-state index in [-0.39, 0.29) is 12.5 Å². The minimum absolute atomic E-state index is 0.0527. The molecule has 0 aromatic carbocycles. The number of fused-ring (bicyclic) bond motifs is 1. The van der Waals surface area contributed by atoms with Crippen LogP contribution in [0.3, 0.4) is 0 Å². The average Bonchev–Trinajstić information content (AvgIpc) is 2.45. The Bertz CT molecular complexity index is 344. The zero-order valence-corrected chi connectivity index (χ0v) is 12.1. The normalized spacial score (nSPS) is 25.9. The number of aliphatic carboxylic acids is 1. The van der Waals surface area contributed by atoms with Crippen LogP contribution in [-0.4, -0.2) is 41.1 Å². The molecule has 2 fully saturated rings.